The van der Waals surface area contributed by atoms with Crippen LogP contribution in [0.15, 0.2) is 101 Å². The van der Waals surface area contributed by atoms with Crippen LogP contribution < -0.4 is 10.1 Å². The summed E-state index contributed by atoms with van der Waals surface area (Å²) in [6.45, 7) is 1.16. The number of pyridine rings is 1. The van der Waals surface area contributed by atoms with E-state index in [0.29, 0.717) is 19.0 Å². The molecule has 1 aliphatic heterocycles. The van der Waals surface area contributed by atoms with Gasteiger partial charge in [0.1, 0.15) is 23.1 Å². The number of hydrogen-bond acceptors (Lipinski definition) is 6. The smallest absolute Gasteiger partial charge is 0.217 e. The van der Waals surface area contributed by atoms with Gasteiger partial charge in [0, 0.05) is 16.6 Å². The van der Waals surface area contributed by atoms with E-state index in [4.69, 9.17) is 23.6 Å². The van der Waals surface area contributed by atoms with E-state index in [1.165, 1.54) is 0 Å². The molecule has 6 rings (SSSR count). The van der Waals surface area contributed by atoms with Crippen molar-refractivity contribution >= 4 is 22.4 Å². The number of anilines is 2. The van der Waals surface area contributed by atoms with E-state index in [-0.39, 0.29) is 0 Å². The molecule has 0 aliphatic carbocycles. The van der Waals surface area contributed by atoms with Gasteiger partial charge in [-0.2, -0.15) is 0 Å². The molecule has 2 aromatic heterocycles. The molecule has 6 nitrogen and oxygen atoms in total. The zero-order valence-electron chi connectivity index (χ0n) is 18.3. The van der Waals surface area contributed by atoms with Crippen LogP contribution >= 0.6 is 0 Å². The lowest BCUT2D eigenvalue weighted by molar-refractivity contribution is -0.0585. The first-order chi connectivity index (χ1) is 16.8. The quantitative estimate of drug-likeness (QED) is 0.298. The standard InChI is InChI=1S/C28H22N2O4/c1-2-4-22(5-3-1)33-23-11-9-21(10-12-23)29-27-15-8-19-6-7-20(18-24(19)30-27)25-13-14-26(34-25)28-31-16-17-32-28/h1-15,18,28H,16-17H2,(H,29,30). The highest BCUT2D eigenvalue weighted by atomic mass is 16.7. The maximum atomic E-state index is 5.98. The summed E-state index contributed by atoms with van der Waals surface area (Å²) in [7, 11) is 0. The summed E-state index contributed by atoms with van der Waals surface area (Å²) in [5, 5.41) is 4.42. The monoisotopic (exact) mass is 450 g/mol. The second-order valence-corrected chi connectivity index (χ2v) is 7.94. The molecule has 1 aliphatic rings. The molecule has 3 aromatic carbocycles. The average Bonchev–Trinajstić information content (AvgIpc) is 3.58. The summed E-state index contributed by atoms with van der Waals surface area (Å²) in [6.07, 6.45) is -0.424. The van der Waals surface area contributed by atoms with Crippen LogP contribution in [0.25, 0.3) is 22.2 Å². The van der Waals surface area contributed by atoms with Gasteiger partial charge in [0.15, 0.2) is 5.76 Å². The summed E-state index contributed by atoms with van der Waals surface area (Å²) in [6, 6.07) is 31.5. The first kappa shape index (κ1) is 20.5. The van der Waals surface area contributed by atoms with Gasteiger partial charge in [0.25, 0.3) is 0 Å². The minimum absolute atomic E-state index is 0.424. The number of ether oxygens (including phenoxy) is 3. The number of nitrogens with one attached hydrogen (secondary N) is 1. The van der Waals surface area contributed by atoms with E-state index in [0.717, 1.165) is 45.2 Å². The van der Waals surface area contributed by atoms with Gasteiger partial charge in [-0.25, -0.2) is 4.98 Å². The summed E-state index contributed by atoms with van der Waals surface area (Å²) in [4.78, 5) is 4.80. The second kappa shape index (κ2) is 9.02. The summed E-state index contributed by atoms with van der Waals surface area (Å²) in [5.74, 6) is 3.77. The Morgan fingerprint density at radius 1 is 0.765 bits per heavy atom. The number of rotatable bonds is 6. The van der Waals surface area contributed by atoms with Crippen molar-refractivity contribution in [2.45, 2.75) is 6.29 Å². The molecule has 0 spiro atoms. The van der Waals surface area contributed by atoms with E-state index < -0.39 is 6.29 Å². The Morgan fingerprint density at radius 2 is 1.53 bits per heavy atom. The molecule has 0 bridgehead atoms. The fraction of sp³-hybridized carbons (Fsp3) is 0.107. The van der Waals surface area contributed by atoms with Crippen molar-refractivity contribution in [1.29, 1.82) is 0 Å². The molecule has 6 heteroatoms. The van der Waals surface area contributed by atoms with Crippen LogP contribution in [0.2, 0.25) is 0 Å². The Kier molecular flexibility index (Phi) is 5.43. The fourth-order valence-electron chi connectivity index (χ4n) is 3.88. The lowest BCUT2D eigenvalue weighted by Crippen LogP contribution is -1.95. The first-order valence-electron chi connectivity index (χ1n) is 11.1. The zero-order chi connectivity index (χ0) is 22.7. The van der Waals surface area contributed by atoms with Gasteiger partial charge in [0.05, 0.1) is 18.7 Å². The van der Waals surface area contributed by atoms with Crippen LogP contribution in [-0.2, 0) is 9.47 Å². The fourth-order valence-corrected chi connectivity index (χ4v) is 3.88. The summed E-state index contributed by atoms with van der Waals surface area (Å²) < 4.78 is 22.9. The highest BCUT2D eigenvalue weighted by Gasteiger charge is 2.22. The van der Waals surface area contributed by atoms with Gasteiger partial charge < -0.3 is 23.9 Å². The third-order valence-electron chi connectivity index (χ3n) is 5.56. The Labute approximate surface area is 196 Å². The van der Waals surface area contributed by atoms with Gasteiger partial charge in [-0.1, -0.05) is 30.3 Å². The van der Waals surface area contributed by atoms with E-state index >= 15 is 0 Å². The van der Waals surface area contributed by atoms with Gasteiger partial charge in [-0.05, 0) is 66.7 Å². The van der Waals surface area contributed by atoms with Gasteiger partial charge in [0.2, 0.25) is 6.29 Å². The van der Waals surface area contributed by atoms with Gasteiger partial charge in [-0.15, -0.1) is 0 Å². The number of furan rings is 1. The molecule has 0 radical (unpaired) electrons. The molecule has 1 N–H and O–H groups in total. The Hall–Kier alpha value is -4.13. The van der Waals surface area contributed by atoms with Crippen molar-refractivity contribution in [3.8, 4) is 22.8 Å². The first-order valence-corrected chi connectivity index (χ1v) is 11.1. The van der Waals surface area contributed by atoms with Crippen LogP contribution in [-0.4, -0.2) is 18.2 Å². The number of nitrogens with zero attached hydrogens (tertiary/aromatic N) is 1. The van der Waals surface area contributed by atoms with Crippen molar-refractivity contribution < 1.29 is 18.6 Å². The lowest BCUT2D eigenvalue weighted by Gasteiger charge is -2.09. The lowest BCUT2D eigenvalue weighted by atomic mass is 10.1. The molecular formula is C28H22N2O4. The average molecular weight is 450 g/mol. The molecule has 0 unspecified atom stereocenters. The van der Waals surface area contributed by atoms with Gasteiger partial charge in [-0.3, -0.25) is 0 Å². The Bertz CT molecular complexity index is 1410. The van der Waals surface area contributed by atoms with E-state index in [1.807, 2.05) is 91.0 Å². The number of fused-ring (bicyclic) bond motifs is 1. The van der Waals surface area contributed by atoms with Crippen molar-refractivity contribution in [2.75, 3.05) is 18.5 Å². The molecule has 3 heterocycles. The van der Waals surface area contributed by atoms with Crippen LogP contribution in [0.3, 0.4) is 0 Å². The normalized spacial score (nSPS) is 13.9. The molecule has 1 fully saturated rings. The molecular weight excluding hydrogens is 428 g/mol. The largest absolute Gasteiger partial charge is 0.457 e. The predicted octanol–water partition coefficient (Wildman–Crippen LogP) is 7.08. The molecule has 168 valence electrons. The van der Waals surface area contributed by atoms with Crippen LogP contribution in [0.4, 0.5) is 11.5 Å². The Balaban J connectivity index is 1.19. The van der Waals surface area contributed by atoms with E-state index in [9.17, 15) is 0 Å². The minimum atomic E-state index is -0.424. The molecule has 0 amide bonds. The highest BCUT2D eigenvalue weighted by Crippen LogP contribution is 2.31. The van der Waals surface area contributed by atoms with Crippen LogP contribution in [0, 0.1) is 0 Å². The summed E-state index contributed by atoms with van der Waals surface area (Å²) in [5.41, 5.74) is 2.75. The van der Waals surface area contributed by atoms with E-state index in [2.05, 4.69) is 11.4 Å². The van der Waals surface area contributed by atoms with Crippen LogP contribution in [0.1, 0.15) is 12.1 Å². The van der Waals surface area contributed by atoms with Crippen LogP contribution in [0.5, 0.6) is 11.5 Å². The zero-order valence-corrected chi connectivity index (χ0v) is 18.3. The second-order valence-electron chi connectivity index (χ2n) is 7.94. The molecule has 0 saturated carbocycles. The van der Waals surface area contributed by atoms with Gasteiger partial charge >= 0.3 is 0 Å². The van der Waals surface area contributed by atoms with Crippen molar-refractivity contribution in [1.82, 2.24) is 4.98 Å². The van der Waals surface area contributed by atoms with E-state index in [1.54, 1.807) is 0 Å². The third kappa shape index (κ3) is 4.37. The molecule has 1 saturated heterocycles. The minimum Gasteiger partial charge on any atom is -0.457 e. The number of hydrogen-bond donors (Lipinski definition) is 1. The van der Waals surface area contributed by atoms with Crippen molar-refractivity contribution in [3.05, 3.63) is 103 Å². The number of para-hydroxylation sites is 1. The number of benzene rings is 3. The molecule has 34 heavy (non-hydrogen) atoms. The maximum absolute atomic E-state index is 5.98. The number of aromatic nitrogens is 1. The highest BCUT2D eigenvalue weighted by molar-refractivity contribution is 5.85. The predicted molar refractivity (Wildman–Crippen MR) is 130 cm³/mol. The molecule has 5 aromatic rings. The van der Waals surface area contributed by atoms with Crippen molar-refractivity contribution in [2.24, 2.45) is 0 Å². The summed E-state index contributed by atoms with van der Waals surface area (Å²) >= 11 is 0. The molecule has 0 atom stereocenters. The SMILES string of the molecule is c1ccc(Oc2ccc(Nc3ccc4ccc(-c5ccc(C6OCCO6)o5)cc4n3)cc2)cc1. The Morgan fingerprint density at radius 3 is 2.35 bits per heavy atom. The van der Waals surface area contributed by atoms with Crippen molar-refractivity contribution in [3.63, 3.8) is 0 Å². The third-order valence-corrected chi connectivity index (χ3v) is 5.56. The maximum Gasteiger partial charge on any atom is 0.217 e. The topological polar surface area (TPSA) is 65.8 Å².